The molecule has 0 aliphatic rings. The molecular weight excluding hydrogens is 208 g/mol. The van der Waals surface area contributed by atoms with Crippen LogP contribution >= 0.6 is 0 Å². The molecule has 0 aliphatic heterocycles. The van der Waals surface area contributed by atoms with Crippen LogP contribution in [0.3, 0.4) is 0 Å². The van der Waals surface area contributed by atoms with Crippen LogP contribution in [0.1, 0.15) is 17.3 Å². The van der Waals surface area contributed by atoms with Gasteiger partial charge in [-0.1, -0.05) is 0 Å². The van der Waals surface area contributed by atoms with Gasteiger partial charge >= 0.3 is 5.97 Å². The van der Waals surface area contributed by atoms with Crippen molar-refractivity contribution < 1.29 is 9.53 Å². The van der Waals surface area contributed by atoms with E-state index in [-0.39, 0.29) is 5.97 Å². The lowest BCUT2D eigenvalue weighted by atomic mass is 10.2. The highest BCUT2D eigenvalue weighted by atomic mass is 16.5. The van der Waals surface area contributed by atoms with Gasteiger partial charge in [-0.3, -0.25) is 0 Å². The molecule has 0 unspecified atom stereocenters. The zero-order chi connectivity index (χ0) is 11.4. The van der Waals surface area contributed by atoms with Crippen LogP contribution in [0.2, 0.25) is 0 Å². The third-order valence-electron chi connectivity index (χ3n) is 1.99. The van der Waals surface area contributed by atoms with Gasteiger partial charge in [-0.25, -0.2) is 9.48 Å². The second-order valence-electron chi connectivity index (χ2n) is 3.02. The highest BCUT2D eigenvalue weighted by Gasteiger charge is 2.06. The number of carbonyl (C=O) groups excluding carboxylic acids is 1. The SMILES string of the molecule is CCOC(=O)c1ccc(-n2cnnn2)cc1. The lowest BCUT2D eigenvalue weighted by molar-refractivity contribution is 0.0526. The quantitative estimate of drug-likeness (QED) is 0.714. The van der Waals surface area contributed by atoms with E-state index in [2.05, 4.69) is 15.5 Å². The summed E-state index contributed by atoms with van der Waals surface area (Å²) < 4.78 is 6.38. The third kappa shape index (κ3) is 2.05. The molecule has 1 aromatic carbocycles. The Bertz CT molecular complexity index is 464. The smallest absolute Gasteiger partial charge is 0.338 e. The first-order valence-electron chi connectivity index (χ1n) is 4.82. The molecule has 6 nitrogen and oxygen atoms in total. The van der Waals surface area contributed by atoms with Crippen molar-refractivity contribution >= 4 is 5.97 Å². The average Bonchev–Trinajstić information content (AvgIpc) is 2.83. The molecule has 0 bridgehead atoms. The van der Waals surface area contributed by atoms with E-state index in [1.165, 1.54) is 11.0 Å². The van der Waals surface area contributed by atoms with Crippen LogP contribution < -0.4 is 0 Å². The van der Waals surface area contributed by atoms with Crippen molar-refractivity contribution in [3.8, 4) is 5.69 Å². The predicted octanol–water partition coefficient (Wildman–Crippen LogP) is 0.839. The normalized spacial score (nSPS) is 10.1. The summed E-state index contributed by atoms with van der Waals surface area (Å²) in [5, 5.41) is 10.8. The van der Waals surface area contributed by atoms with Gasteiger partial charge in [-0.05, 0) is 41.6 Å². The summed E-state index contributed by atoms with van der Waals surface area (Å²) in [6.07, 6.45) is 1.49. The molecule has 0 saturated carbocycles. The highest BCUT2D eigenvalue weighted by Crippen LogP contribution is 2.08. The van der Waals surface area contributed by atoms with Crippen molar-refractivity contribution in [3.05, 3.63) is 36.2 Å². The molecule has 2 aromatic rings. The molecule has 0 atom stereocenters. The molecular formula is C10H10N4O2. The van der Waals surface area contributed by atoms with Crippen molar-refractivity contribution in [3.63, 3.8) is 0 Å². The average molecular weight is 218 g/mol. The molecule has 0 aliphatic carbocycles. The van der Waals surface area contributed by atoms with Crippen LogP contribution in [0.15, 0.2) is 30.6 Å². The summed E-state index contributed by atoms with van der Waals surface area (Å²) in [7, 11) is 0. The Morgan fingerprint density at radius 2 is 2.12 bits per heavy atom. The maximum atomic E-state index is 11.4. The summed E-state index contributed by atoms with van der Waals surface area (Å²) in [4.78, 5) is 11.4. The summed E-state index contributed by atoms with van der Waals surface area (Å²) >= 11 is 0. The summed E-state index contributed by atoms with van der Waals surface area (Å²) in [6.45, 7) is 2.14. The minimum atomic E-state index is -0.328. The van der Waals surface area contributed by atoms with Crippen LogP contribution in [-0.4, -0.2) is 32.8 Å². The Kier molecular flexibility index (Phi) is 2.90. The minimum absolute atomic E-state index is 0.328. The molecule has 0 saturated heterocycles. The van der Waals surface area contributed by atoms with Crippen LogP contribution in [0.25, 0.3) is 5.69 Å². The first kappa shape index (κ1) is 10.3. The maximum Gasteiger partial charge on any atom is 0.338 e. The number of carbonyl (C=O) groups is 1. The fraction of sp³-hybridized carbons (Fsp3) is 0.200. The molecule has 0 spiro atoms. The number of hydrogen-bond acceptors (Lipinski definition) is 5. The second kappa shape index (κ2) is 4.52. The molecule has 0 radical (unpaired) electrons. The Balaban J connectivity index is 2.20. The summed E-state index contributed by atoms with van der Waals surface area (Å²) in [5.41, 5.74) is 1.30. The van der Waals surface area contributed by atoms with Gasteiger partial charge < -0.3 is 4.74 Å². The monoisotopic (exact) mass is 218 g/mol. The van der Waals surface area contributed by atoms with Crippen LogP contribution in [-0.2, 0) is 4.74 Å². The number of tetrazole rings is 1. The van der Waals surface area contributed by atoms with E-state index in [1.807, 2.05) is 0 Å². The first-order chi connectivity index (χ1) is 7.81. The van der Waals surface area contributed by atoms with Crippen molar-refractivity contribution in [1.82, 2.24) is 20.2 Å². The van der Waals surface area contributed by atoms with Gasteiger partial charge in [0, 0.05) is 0 Å². The molecule has 0 fully saturated rings. The largest absolute Gasteiger partial charge is 0.462 e. The lowest BCUT2D eigenvalue weighted by Gasteiger charge is -2.02. The fourth-order valence-corrected chi connectivity index (χ4v) is 1.24. The number of rotatable bonds is 3. The summed E-state index contributed by atoms with van der Waals surface area (Å²) in [5.74, 6) is -0.328. The number of nitrogens with zero attached hydrogens (tertiary/aromatic N) is 4. The molecule has 6 heteroatoms. The fourth-order valence-electron chi connectivity index (χ4n) is 1.24. The van der Waals surface area contributed by atoms with E-state index in [4.69, 9.17) is 4.74 Å². The molecule has 0 N–H and O–H groups in total. The van der Waals surface area contributed by atoms with Gasteiger partial charge in [-0.2, -0.15) is 0 Å². The van der Waals surface area contributed by atoms with E-state index < -0.39 is 0 Å². The second-order valence-corrected chi connectivity index (χ2v) is 3.02. The van der Waals surface area contributed by atoms with Gasteiger partial charge in [0.15, 0.2) is 0 Å². The summed E-state index contributed by atoms with van der Waals surface area (Å²) in [6, 6.07) is 6.86. The molecule has 1 aromatic heterocycles. The van der Waals surface area contributed by atoms with Crippen molar-refractivity contribution in [1.29, 1.82) is 0 Å². The topological polar surface area (TPSA) is 69.9 Å². The van der Waals surface area contributed by atoms with Gasteiger partial charge in [0.25, 0.3) is 0 Å². The van der Waals surface area contributed by atoms with Gasteiger partial charge in [0.2, 0.25) is 0 Å². The van der Waals surface area contributed by atoms with E-state index in [1.54, 1.807) is 31.2 Å². The van der Waals surface area contributed by atoms with E-state index in [0.717, 1.165) is 5.69 Å². The number of aromatic nitrogens is 4. The number of hydrogen-bond donors (Lipinski definition) is 0. The Morgan fingerprint density at radius 1 is 1.38 bits per heavy atom. The Labute approximate surface area is 91.8 Å². The van der Waals surface area contributed by atoms with Gasteiger partial charge in [0.05, 0.1) is 17.9 Å². The zero-order valence-corrected chi connectivity index (χ0v) is 8.70. The van der Waals surface area contributed by atoms with E-state index >= 15 is 0 Å². The van der Waals surface area contributed by atoms with Gasteiger partial charge in [-0.15, -0.1) is 5.10 Å². The van der Waals surface area contributed by atoms with Gasteiger partial charge in [0.1, 0.15) is 6.33 Å². The zero-order valence-electron chi connectivity index (χ0n) is 8.70. The molecule has 82 valence electrons. The number of esters is 1. The molecule has 16 heavy (non-hydrogen) atoms. The molecule has 1 heterocycles. The number of benzene rings is 1. The van der Waals surface area contributed by atoms with Crippen LogP contribution in [0.5, 0.6) is 0 Å². The third-order valence-corrected chi connectivity index (χ3v) is 1.99. The maximum absolute atomic E-state index is 11.4. The first-order valence-corrected chi connectivity index (χ1v) is 4.82. The van der Waals surface area contributed by atoms with Crippen molar-refractivity contribution in [2.45, 2.75) is 6.92 Å². The standard InChI is InChI=1S/C10H10N4O2/c1-2-16-10(15)8-3-5-9(6-4-8)14-7-11-12-13-14/h3-7H,2H2,1H3. The Hall–Kier alpha value is -2.24. The minimum Gasteiger partial charge on any atom is -0.462 e. The van der Waals surface area contributed by atoms with Crippen LogP contribution in [0, 0.1) is 0 Å². The molecule has 0 amide bonds. The van der Waals surface area contributed by atoms with E-state index in [9.17, 15) is 4.79 Å². The van der Waals surface area contributed by atoms with E-state index in [0.29, 0.717) is 12.2 Å². The van der Waals surface area contributed by atoms with Crippen molar-refractivity contribution in [2.24, 2.45) is 0 Å². The molecule has 2 rings (SSSR count). The number of ether oxygens (including phenoxy) is 1. The van der Waals surface area contributed by atoms with Crippen molar-refractivity contribution in [2.75, 3.05) is 6.61 Å². The predicted molar refractivity (Wildman–Crippen MR) is 55.1 cm³/mol. The lowest BCUT2D eigenvalue weighted by Crippen LogP contribution is -2.04. The highest BCUT2D eigenvalue weighted by molar-refractivity contribution is 5.89. The van der Waals surface area contributed by atoms with Crippen LogP contribution in [0.4, 0.5) is 0 Å². The Morgan fingerprint density at radius 3 is 2.69 bits per heavy atom.